The minimum atomic E-state index is -4.18. The van der Waals surface area contributed by atoms with E-state index < -0.39 is 11.7 Å². The first-order chi connectivity index (χ1) is 6.54. The smallest absolute Gasteiger partial charge is 0.298 e. The minimum absolute atomic E-state index is 0. The molecule has 0 saturated carbocycles. The Kier molecular flexibility index (Phi) is 5.69. The molecule has 0 radical (unpaired) electrons. The van der Waals surface area contributed by atoms with Crippen molar-refractivity contribution < 1.29 is 13.2 Å². The fourth-order valence-electron chi connectivity index (χ4n) is 1.38. The van der Waals surface area contributed by atoms with Crippen molar-refractivity contribution in [1.82, 2.24) is 4.90 Å². The molecule has 0 aliphatic carbocycles. The third-order valence-electron chi connectivity index (χ3n) is 2.20. The number of nitriles is 1. The highest BCUT2D eigenvalue weighted by atomic mass is 35.5. The Bertz CT molecular complexity index is 268. The second-order valence-corrected chi connectivity index (χ2v) is 3.19. The van der Waals surface area contributed by atoms with Crippen LogP contribution in [-0.2, 0) is 0 Å². The van der Waals surface area contributed by atoms with Gasteiger partial charge >= 0.3 is 6.18 Å². The maximum atomic E-state index is 12.2. The average molecular weight is 241 g/mol. The summed E-state index contributed by atoms with van der Waals surface area (Å²) in [5, 5.41) is 8.31. The van der Waals surface area contributed by atoms with Gasteiger partial charge in [-0.15, -0.1) is 12.4 Å². The molecule has 0 amide bonds. The topological polar surface area (TPSA) is 27.0 Å². The Morgan fingerprint density at radius 1 is 1.47 bits per heavy atom. The van der Waals surface area contributed by atoms with Crippen LogP contribution < -0.4 is 0 Å². The molecule has 0 aromatic rings. The highest BCUT2D eigenvalue weighted by Gasteiger charge is 2.34. The summed E-state index contributed by atoms with van der Waals surface area (Å²) in [6.07, 6.45) is -2.56. The number of hydrogen-bond acceptors (Lipinski definition) is 2. The summed E-state index contributed by atoms with van der Waals surface area (Å²) in [5.74, 6) is 0. The van der Waals surface area contributed by atoms with Gasteiger partial charge in [-0.05, 0) is 6.42 Å². The summed E-state index contributed by atoms with van der Waals surface area (Å²) in [7, 11) is 0. The lowest BCUT2D eigenvalue weighted by molar-refractivity contribution is -0.0959. The van der Waals surface area contributed by atoms with E-state index in [4.69, 9.17) is 5.26 Å². The average Bonchev–Trinajstić information content (AvgIpc) is 2.14. The van der Waals surface area contributed by atoms with Crippen LogP contribution >= 0.6 is 12.4 Å². The summed E-state index contributed by atoms with van der Waals surface area (Å²) in [5.41, 5.74) is -0.439. The fourth-order valence-corrected chi connectivity index (χ4v) is 1.38. The van der Waals surface area contributed by atoms with Crippen LogP contribution in [0.15, 0.2) is 11.6 Å². The molecule has 0 N–H and O–H groups in total. The first-order valence-corrected chi connectivity index (χ1v) is 4.39. The van der Waals surface area contributed by atoms with Crippen LogP contribution in [0.5, 0.6) is 0 Å². The Morgan fingerprint density at radius 2 is 2.13 bits per heavy atom. The van der Waals surface area contributed by atoms with E-state index in [0.29, 0.717) is 26.1 Å². The van der Waals surface area contributed by atoms with Gasteiger partial charge in [0.1, 0.15) is 0 Å². The maximum absolute atomic E-state index is 12.2. The molecule has 0 aromatic heterocycles. The van der Waals surface area contributed by atoms with Gasteiger partial charge in [0.05, 0.1) is 6.07 Å². The molecule has 6 heteroatoms. The van der Waals surface area contributed by atoms with Crippen LogP contribution in [0, 0.1) is 11.3 Å². The summed E-state index contributed by atoms with van der Waals surface area (Å²) < 4.78 is 36.5. The molecule has 0 fully saturated rings. The lowest BCUT2D eigenvalue weighted by atomic mass is 10.1. The van der Waals surface area contributed by atoms with Gasteiger partial charge in [0.2, 0.25) is 0 Å². The van der Waals surface area contributed by atoms with Crippen LogP contribution in [0.25, 0.3) is 0 Å². The van der Waals surface area contributed by atoms with Crippen molar-refractivity contribution in [1.29, 1.82) is 5.26 Å². The standard InChI is InChI=1S/C9H11F3N2.ClH/c10-9(11,12)8-2-6-14(7-3-8)5-1-4-13;/h2H,1,3,5-7H2;1H. The van der Waals surface area contributed by atoms with Crippen molar-refractivity contribution in [3.63, 3.8) is 0 Å². The Hall–Kier alpha value is -0.730. The zero-order valence-corrected chi connectivity index (χ0v) is 8.87. The first-order valence-electron chi connectivity index (χ1n) is 4.39. The molecule has 0 atom stereocenters. The Balaban J connectivity index is 0.00000196. The molecule has 2 nitrogen and oxygen atoms in total. The van der Waals surface area contributed by atoms with Gasteiger partial charge in [0, 0.05) is 31.6 Å². The number of alkyl halides is 3. The first kappa shape index (κ1) is 14.3. The van der Waals surface area contributed by atoms with Crippen LogP contribution in [0.1, 0.15) is 12.8 Å². The molecule has 86 valence electrons. The second kappa shape index (κ2) is 5.99. The van der Waals surface area contributed by atoms with E-state index >= 15 is 0 Å². The molecule has 1 heterocycles. The van der Waals surface area contributed by atoms with Crippen molar-refractivity contribution in [3.8, 4) is 6.07 Å². The van der Waals surface area contributed by atoms with E-state index in [2.05, 4.69) is 0 Å². The second-order valence-electron chi connectivity index (χ2n) is 3.19. The number of halogens is 4. The highest BCUT2D eigenvalue weighted by molar-refractivity contribution is 5.85. The quantitative estimate of drug-likeness (QED) is 0.694. The lowest BCUT2D eigenvalue weighted by Crippen LogP contribution is -2.32. The number of hydrogen-bond donors (Lipinski definition) is 0. The molecule has 0 bridgehead atoms. The Labute approximate surface area is 92.8 Å². The van der Waals surface area contributed by atoms with E-state index in [1.165, 1.54) is 6.08 Å². The fraction of sp³-hybridized carbons (Fsp3) is 0.667. The predicted octanol–water partition coefficient (Wildman–Crippen LogP) is 2.52. The third kappa shape index (κ3) is 4.54. The molecule has 1 aliphatic rings. The van der Waals surface area contributed by atoms with E-state index in [1.807, 2.05) is 11.0 Å². The van der Waals surface area contributed by atoms with Gasteiger partial charge in [-0.3, -0.25) is 4.90 Å². The largest absolute Gasteiger partial charge is 0.412 e. The zero-order valence-electron chi connectivity index (χ0n) is 8.05. The molecule has 0 saturated heterocycles. The molecule has 0 aromatic carbocycles. The SMILES string of the molecule is Cl.N#CCCN1CC=C(C(F)(F)F)CC1. The van der Waals surface area contributed by atoms with Crippen molar-refractivity contribution in [2.24, 2.45) is 0 Å². The van der Waals surface area contributed by atoms with Crippen LogP contribution in [0.4, 0.5) is 13.2 Å². The van der Waals surface area contributed by atoms with Crippen LogP contribution in [-0.4, -0.2) is 30.7 Å². The molecule has 15 heavy (non-hydrogen) atoms. The van der Waals surface area contributed by atoms with Gasteiger partial charge < -0.3 is 0 Å². The van der Waals surface area contributed by atoms with Gasteiger partial charge in [-0.1, -0.05) is 6.08 Å². The Morgan fingerprint density at radius 3 is 2.53 bits per heavy atom. The van der Waals surface area contributed by atoms with E-state index in [0.717, 1.165) is 0 Å². The summed E-state index contributed by atoms with van der Waals surface area (Å²) in [6, 6.07) is 1.97. The van der Waals surface area contributed by atoms with E-state index in [9.17, 15) is 13.2 Å². The van der Waals surface area contributed by atoms with E-state index in [1.54, 1.807) is 0 Å². The van der Waals surface area contributed by atoms with E-state index in [-0.39, 0.29) is 18.8 Å². The lowest BCUT2D eigenvalue weighted by Gasteiger charge is -2.26. The van der Waals surface area contributed by atoms with Crippen molar-refractivity contribution in [2.45, 2.75) is 19.0 Å². The van der Waals surface area contributed by atoms with Gasteiger partial charge in [0.15, 0.2) is 0 Å². The zero-order chi connectivity index (χ0) is 10.6. The minimum Gasteiger partial charge on any atom is -0.298 e. The molecule has 0 spiro atoms. The van der Waals surface area contributed by atoms with Crippen molar-refractivity contribution in [3.05, 3.63) is 11.6 Å². The predicted molar refractivity (Wildman–Crippen MR) is 52.7 cm³/mol. The molecular weight excluding hydrogens is 229 g/mol. The summed E-state index contributed by atoms with van der Waals surface area (Å²) in [4.78, 5) is 1.85. The van der Waals surface area contributed by atoms with Crippen LogP contribution in [0.2, 0.25) is 0 Å². The number of rotatable bonds is 2. The summed E-state index contributed by atoms with van der Waals surface area (Å²) >= 11 is 0. The maximum Gasteiger partial charge on any atom is 0.412 e. The third-order valence-corrected chi connectivity index (χ3v) is 2.20. The van der Waals surface area contributed by atoms with Gasteiger partial charge in [0.25, 0.3) is 0 Å². The van der Waals surface area contributed by atoms with Gasteiger partial charge in [-0.25, -0.2) is 0 Å². The molecule has 1 rings (SSSR count). The molecule has 1 aliphatic heterocycles. The monoisotopic (exact) mass is 240 g/mol. The van der Waals surface area contributed by atoms with Crippen molar-refractivity contribution >= 4 is 12.4 Å². The van der Waals surface area contributed by atoms with Crippen molar-refractivity contribution in [2.75, 3.05) is 19.6 Å². The number of nitrogens with zero attached hydrogens (tertiary/aromatic N) is 2. The normalized spacial score (nSPS) is 17.6. The van der Waals surface area contributed by atoms with Crippen LogP contribution in [0.3, 0.4) is 0 Å². The highest BCUT2D eigenvalue weighted by Crippen LogP contribution is 2.29. The molecule has 0 unspecified atom stereocenters. The molecular formula is C9H12ClF3N2. The van der Waals surface area contributed by atoms with Gasteiger partial charge in [-0.2, -0.15) is 18.4 Å². The summed E-state index contributed by atoms with van der Waals surface area (Å²) in [6.45, 7) is 1.25.